The first-order valence-corrected chi connectivity index (χ1v) is 6.32. The fourth-order valence-electron chi connectivity index (χ4n) is 2.27. The fraction of sp³-hybridized carbons (Fsp3) is 0.750. The number of hydrogen-bond acceptors (Lipinski definition) is 4. The van der Waals surface area contributed by atoms with Gasteiger partial charge in [-0.25, -0.2) is 0 Å². The third-order valence-corrected chi connectivity index (χ3v) is 3.17. The average Bonchev–Trinajstić information content (AvgIpc) is 2.83. The Morgan fingerprint density at radius 3 is 2.39 bits per heavy atom. The normalized spacial score (nSPS) is 25.8. The van der Waals surface area contributed by atoms with Crippen molar-refractivity contribution in [2.45, 2.75) is 39.2 Å². The van der Waals surface area contributed by atoms with Gasteiger partial charge in [0.1, 0.15) is 5.92 Å². The quantitative estimate of drug-likeness (QED) is 0.557. The Morgan fingerprint density at radius 1 is 1.39 bits per heavy atom. The zero-order valence-electron chi connectivity index (χ0n) is 10.8. The lowest BCUT2D eigenvalue weighted by Gasteiger charge is -2.11. The topological polar surface area (TPSA) is 86.7 Å². The smallest absolute Gasteiger partial charge is 0.316 e. The van der Waals surface area contributed by atoms with Gasteiger partial charge in [0.05, 0.1) is 0 Å². The monoisotopic (exact) mass is 256 g/mol. The first-order valence-electron chi connectivity index (χ1n) is 6.32. The highest BCUT2D eigenvalue weighted by Gasteiger charge is 2.49. The number of carbonyl (C=O) groups is 3. The third-order valence-electron chi connectivity index (χ3n) is 3.17. The van der Waals surface area contributed by atoms with E-state index in [2.05, 4.69) is 19.2 Å². The number of carbonyl (C=O) groups excluding carboxylic acids is 2. The first kappa shape index (κ1) is 14.6. The molecule has 0 aromatic rings. The van der Waals surface area contributed by atoms with E-state index in [0.717, 1.165) is 18.0 Å². The van der Waals surface area contributed by atoms with Gasteiger partial charge in [-0.1, -0.05) is 13.8 Å². The maximum atomic E-state index is 11.4. The highest BCUT2D eigenvalue weighted by molar-refractivity contribution is 6.07. The summed E-state index contributed by atoms with van der Waals surface area (Å²) in [5.74, 6) is -2.86. The standard InChI is InChI=1S/C8H9NO4.C4H11N/c10-6-2-1-4-3-5(8(12)13)7(11)9(4)6;1-3-5-4-2/h4-5H,1-3H2,(H,12,13);5H,3-4H2,1-2H3. The van der Waals surface area contributed by atoms with Crippen molar-refractivity contribution < 1.29 is 19.5 Å². The van der Waals surface area contributed by atoms with Crippen LogP contribution in [-0.2, 0) is 14.4 Å². The predicted molar refractivity (Wildman–Crippen MR) is 64.8 cm³/mol. The highest BCUT2D eigenvalue weighted by atomic mass is 16.4. The second-order valence-electron chi connectivity index (χ2n) is 4.38. The molecule has 2 saturated heterocycles. The Morgan fingerprint density at radius 2 is 2.00 bits per heavy atom. The summed E-state index contributed by atoms with van der Waals surface area (Å²) in [5.41, 5.74) is 0. The Bertz CT molecular complexity index is 341. The number of imide groups is 1. The number of carboxylic acid groups (broad SMARTS) is 1. The average molecular weight is 256 g/mol. The van der Waals surface area contributed by atoms with Crippen molar-refractivity contribution in [1.29, 1.82) is 0 Å². The molecule has 0 aromatic carbocycles. The summed E-state index contributed by atoms with van der Waals surface area (Å²) >= 11 is 0. The van der Waals surface area contributed by atoms with Crippen LogP contribution in [0.3, 0.4) is 0 Å². The van der Waals surface area contributed by atoms with Crippen LogP contribution < -0.4 is 5.32 Å². The minimum Gasteiger partial charge on any atom is -0.481 e. The maximum absolute atomic E-state index is 11.4. The summed E-state index contributed by atoms with van der Waals surface area (Å²) in [6, 6.07) is -0.152. The van der Waals surface area contributed by atoms with Gasteiger partial charge in [0.15, 0.2) is 0 Å². The van der Waals surface area contributed by atoms with Crippen LogP contribution in [0.1, 0.15) is 33.1 Å². The molecule has 2 N–H and O–H groups in total. The van der Waals surface area contributed by atoms with Crippen molar-refractivity contribution in [1.82, 2.24) is 10.2 Å². The number of nitrogens with zero attached hydrogens (tertiary/aromatic N) is 1. The van der Waals surface area contributed by atoms with E-state index in [1.807, 2.05) is 0 Å². The molecule has 2 fully saturated rings. The minimum atomic E-state index is -1.12. The van der Waals surface area contributed by atoms with Crippen LogP contribution in [0.2, 0.25) is 0 Å². The van der Waals surface area contributed by atoms with E-state index in [-0.39, 0.29) is 11.9 Å². The number of rotatable bonds is 3. The molecule has 0 bridgehead atoms. The van der Waals surface area contributed by atoms with Gasteiger partial charge in [-0.15, -0.1) is 0 Å². The Balaban J connectivity index is 0.000000280. The molecule has 0 aromatic heterocycles. The van der Waals surface area contributed by atoms with Crippen molar-refractivity contribution in [3.05, 3.63) is 0 Å². The molecule has 2 atom stereocenters. The zero-order chi connectivity index (χ0) is 13.7. The van der Waals surface area contributed by atoms with Crippen LogP contribution >= 0.6 is 0 Å². The van der Waals surface area contributed by atoms with Gasteiger partial charge in [0.2, 0.25) is 11.8 Å². The molecule has 102 valence electrons. The number of nitrogens with one attached hydrogen (secondary N) is 1. The molecule has 2 aliphatic heterocycles. The van der Waals surface area contributed by atoms with Gasteiger partial charge in [-0.05, 0) is 25.9 Å². The summed E-state index contributed by atoms with van der Waals surface area (Å²) < 4.78 is 0. The van der Waals surface area contributed by atoms with Crippen molar-refractivity contribution in [3.63, 3.8) is 0 Å². The molecule has 0 spiro atoms. The molecule has 0 radical (unpaired) electrons. The van der Waals surface area contributed by atoms with Crippen molar-refractivity contribution in [2.24, 2.45) is 5.92 Å². The van der Waals surface area contributed by atoms with Gasteiger partial charge < -0.3 is 10.4 Å². The molecular formula is C12H20N2O4. The summed E-state index contributed by atoms with van der Waals surface area (Å²) in [7, 11) is 0. The minimum absolute atomic E-state index is 0.152. The van der Waals surface area contributed by atoms with Crippen LogP contribution in [-0.4, -0.2) is 46.9 Å². The second kappa shape index (κ2) is 6.49. The molecule has 2 heterocycles. The lowest BCUT2D eigenvalue weighted by molar-refractivity contribution is -0.149. The lowest BCUT2D eigenvalue weighted by atomic mass is 10.0. The largest absolute Gasteiger partial charge is 0.481 e. The Kier molecular flexibility index (Phi) is 5.27. The highest BCUT2D eigenvalue weighted by Crippen LogP contribution is 2.33. The number of carboxylic acids is 1. The van der Waals surface area contributed by atoms with E-state index in [1.54, 1.807) is 0 Å². The van der Waals surface area contributed by atoms with E-state index < -0.39 is 17.8 Å². The molecule has 6 nitrogen and oxygen atoms in total. The first-order chi connectivity index (χ1) is 8.52. The molecule has 2 unspecified atom stereocenters. The number of amides is 2. The Hall–Kier alpha value is -1.43. The van der Waals surface area contributed by atoms with Gasteiger partial charge >= 0.3 is 5.97 Å². The summed E-state index contributed by atoms with van der Waals surface area (Å²) in [4.78, 5) is 34.2. The van der Waals surface area contributed by atoms with Gasteiger partial charge in [0, 0.05) is 12.5 Å². The molecule has 0 saturated carbocycles. The number of hydrogen-bond donors (Lipinski definition) is 2. The molecule has 2 aliphatic rings. The second-order valence-corrected chi connectivity index (χ2v) is 4.38. The van der Waals surface area contributed by atoms with Gasteiger partial charge in [0.25, 0.3) is 0 Å². The van der Waals surface area contributed by atoms with Crippen LogP contribution in [0.5, 0.6) is 0 Å². The fourth-order valence-corrected chi connectivity index (χ4v) is 2.27. The predicted octanol–water partition coefficient (Wildman–Crippen LogP) is 0.224. The molecular weight excluding hydrogens is 236 g/mol. The zero-order valence-corrected chi connectivity index (χ0v) is 10.8. The van der Waals surface area contributed by atoms with Crippen LogP contribution in [0.4, 0.5) is 0 Å². The van der Waals surface area contributed by atoms with E-state index >= 15 is 0 Å². The van der Waals surface area contributed by atoms with Crippen LogP contribution in [0, 0.1) is 5.92 Å². The molecule has 2 amide bonds. The third kappa shape index (κ3) is 3.07. The van der Waals surface area contributed by atoms with E-state index in [0.29, 0.717) is 19.3 Å². The Labute approximate surface area is 106 Å². The van der Waals surface area contributed by atoms with Crippen LogP contribution in [0.15, 0.2) is 0 Å². The SMILES string of the molecule is CCNCC.O=C(O)C1CC2CCC(=O)N2C1=O. The molecule has 6 heteroatoms. The van der Waals surface area contributed by atoms with E-state index in [1.165, 1.54) is 0 Å². The molecule has 2 rings (SSSR count). The van der Waals surface area contributed by atoms with Crippen molar-refractivity contribution in [3.8, 4) is 0 Å². The van der Waals surface area contributed by atoms with Crippen molar-refractivity contribution >= 4 is 17.8 Å². The van der Waals surface area contributed by atoms with Crippen LogP contribution in [0.25, 0.3) is 0 Å². The van der Waals surface area contributed by atoms with Crippen molar-refractivity contribution in [2.75, 3.05) is 13.1 Å². The summed E-state index contributed by atoms with van der Waals surface area (Å²) in [6.45, 7) is 6.39. The van der Waals surface area contributed by atoms with E-state index in [4.69, 9.17) is 5.11 Å². The lowest BCUT2D eigenvalue weighted by Crippen LogP contribution is -2.34. The molecule has 0 aliphatic carbocycles. The summed E-state index contributed by atoms with van der Waals surface area (Å²) in [6.07, 6.45) is 1.29. The maximum Gasteiger partial charge on any atom is 0.316 e. The van der Waals surface area contributed by atoms with Gasteiger partial charge in [-0.3, -0.25) is 19.3 Å². The molecule has 18 heavy (non-hydrogen) atoms. The summed E-state index contributed by atoms with van der Waals surface area (Å²) in [5, 5.41) is 11.8. The van der Waals surface area contributed by atoms with Gasteiger partial charge in [-0.2, -0.15) is 0 Å². The number of aliphatic carboxylic acids is 1. The number of fused-ring (bicyclic) bond motifs is 1. The van der Waals surface area contributed by atoms with E-state index in [9.17, 15) is 14.4 Å².